The minimum atomic E-state index is -6.37. The number of rotatable bonds is 11. The lowest BCUT2D eigenvalue weighted by Gasteiger charge is -2.28. The third-order valence-electron chi connectivity index (χ3n) is 10.7. The molecule has 4 nitrogen and oxygen atoms in total. The Balaban J connectivity index is 1.80. The van der Waals surface area contributed by atoms with E-state index in [1.54, 1.807) is 43.3 Å². The van der Waals surface area contributed by atoms with Crippen molar-refractivity contribution < 1.29 is 66.4 Å². The van der Waals surface area contributed by atoms with Crippen LogP contribution in [0.5, 0.6) is 0 Å². The van der Waals surface area contributed by atoms with Gasteiger partial charge in [0.15, 0.2) is 0 Å². The van der Waals surface area contributed by atoms with Crippen LogP contribution in [0.1, 0.15) is 80.6 Å². The quantitative estimate of drug-likeness (QED) is 0.0977. The van der Waals surface area contributed by atoms with Crippen LogP contribution in [0.25, 0.3) is 33.7 Å². The number of hydrogen-bond donors (Lipinski definition) is 0. The van der Waals surface area contributed by atoms with E-state index in [9.17, 15) is 43.9 Å². The zero-order valence-corrected chi connectivity index (χ0v) is 35.9. The Morgan fingerprint density at radius 3 is 1.40 bits per heavy atom. The smallest absolute Gasteiger partial charge is 0.385 e. The van der Waals surface area contributed by atoms with Crippen molar-refractivity contribution in [2.75, 3.05) is 13.2 Å². The summed E-state index contributed by atoms with van der Waals surface area (Å²) in [6.07, 6.45) is -18.3. The summed E-state index contributed by atoms with van der Waals surface area (Å²) < 4.78 is 200. The molecule has 1 aliphatic heterocycles. The van der Waals surface area contributed by atoms with Gasteiger partial charge in [-0.05, 0) is 46.1 Å². The summed E-state index contributed by atoms with van der Waals surface area (Å²) in [6.45, 7) is 7.26. The molecule has 1 aromatic heterocycles. The fourth-order valence-electron chi connectivity index (χ4n) is 7.08. The molecule has 0 amide bonds. The molecule has 5 aromatic rings. The zero-order chi connectivity index (χ0) is 48.3. The molecule has 346 valence electrons. The van der Waals surface area contributed by atoms with E-state index in [-0.39, 0.29) is 32.4 Å². The van der Waals surface area contributed by atoms with Crippen LogP contribution in [0.4, 0.5) is 57.1 Å². The van der Waals surface area contributed by atoms with E-state index >= 15 is 13.2 Å². The number of alkyl halides is 13. The van der Waals surface area contributed by atoms with Crippen LogP contribution in [0, 0.1) is 6.92 Å². The van der Waals surface area contributed by atoms with E-state index < -0.39 is 89.9 Å². The summed E-state index contributed by atoms with van der Waals surface area (Å²) >= 11 is 0. The van der Waals surface area contributed by atoms with Gasteiger partial charge < -0.3 is 13.8 Å². The number of fused-ring (bicyclic) bond motifs is 1. The molecule has 0 N–H and O–H groups in total. The maximum absolute atomic E-state index is 16.4. The number of hydrogen-bond acceptors (Lipinski definition) is 3. The van der Waals surface area contributed by atoms with Gasteiger partial charge in [-0.3, -0.25) is 0 Å². The predicted octanol–water partition coefficient (Wildman–Crippen LogP) is 14.3. The molecule has 0 radical (unpaired) electrons. The van der Waals surface area contributed by atoms with Crippen LogP contribution in [0.2, 0.25) is 0 Å². The fourth-order valence-corrected chi connectivity index (χ4v) is 7.08. The molecule has 65 heavy (non-hydrogen) atoms. The molecule has 6 rings (SSSR count). The maximum atomic E-state index is 16.4. The molecule has 0 saturated carbocycles. The lowest BCUT2D eigenvalue weighted by atomic mass is 9.86. The second kappa shape index (κ2) is 17.1. The Hall–Kier alpha value is -5.36. The molecular formula is C47H42BF13N2O2. The minimum Gasteiger partial charge on any atom is -0.385 e. The number of benzene rings is 4. The SMILES string of the molecule is Cc1ccc(C2=N/C(=C(\c3c(-c4ccc(C(C)(C)C)cc4)cc(-c4ccc(C(C)(C)C)cc4)n3B(OCC(F)(F)C(F)(F)F)OCC(F)(F)C(F)(F)F)C(F)(F)F)c3ccccc32)cc1. The van der Waals surface area contributed by atoms with Crippen molar-refractivity contribution in [1.82, 2.24) is 4.48 Å². The van der Waals surface area contributed by atoms with Crippen molar-refractivity contribution in [3.8, 4) is 22.4 Å². The van der Waals surface area contributed by atoms with E-state index in [1.165, 1.54) is 60.7 Å². The van der Waals surface area contributed by atoms with Gasteiger partial charge in [-0.25, -0.2) is 4.99 Å². The van der Waals surface area contributed by atoms with Crippen LogP contribution >= 0.6 is 0 Å². The van der Waals surface area contributed by atoms with Crippen LogP contribution < -0.4 is 0 Å². The highest BCUT2D eigenvalue weighted by Gasteiger charge is 2.60. The number of allylic oxidation sites excluding steroid dienone is 1. The second-order valence-corrected chi connectivity index (χ2v) is 17.7. The normalized spacial score (nSPS) is 15.0. The number of aryl methyl sites for hydroxylation is 1. The van der Waals surface area contributed by atoms with Gasteiger partial charge in [-0.15, -0.1) is 0 Å². The van der Waals surface area contributed by atoms with E-state index in [0.717, 1.165) is 11.6 Å². The molecule has 0 atom stereocenters. The Labute approximate surface area is 367 Å². The van der Waals surface area contributed by atoms with Crippen LogP contribution in [0.15, 0.2) is 108 Å². The van der Waals surface area contributed by atoms with Crippen LogP contribution in [0.3, 0.4) is 0 Å². The Morgan fingerprint density at radius 2 is 0.969 bits per heavy atom. The Bertz CT molecular complexity index is 2540. The first-order chi connectivity index (χ1) is 29.8. The Kier molecular flexibility index (Phi) is 12.9. The van der Waals surface area contributed by atoms with Crippen molar-refractivity contribution >= 4 is 24.2 Å². The summed E-state index contributed by atoms with van der Waals surface area (Å²) in [6, 6.07) is 25.1. The summed E-state index contributed by atoms with van der Waals surface area (Å²) in [5.41, 5.74) is -3.02. The van der Waals surface area contributed by atoms with Gasteiger partial charge in [0, 0.05) is 27.9 Å². The number of aliphatic imine (C=N–C) groups is 1. The molecule has 1 aliphatic rings. The van der Waals surface area contributed by atoms with E-state index in [2.05, 4.69) is 4.99 Å². The minimum absolute atomic E-state index is 0.0179. The van der Waals surface area contributed by atoms with Crippen molar-refractivity contribution in [2.24, 2.45) is 4.99 Å². The van der Waals surface area contributed by atoms with Gasteiger partial charge in [0.2, 0.25) is 0 Å². The van der Waals surface area contributed by atoms with Gasteiger partial charge in [-0.2, -0.15) is 57.1 Å². The standard InChI is InChI=1S/C47H42BF13N2O2/c1-27-12-14-30(15-13-27)38-33-10-8-9-11-34(33)39(62-38)37(45(53,54)55)40-35(28-16-20-31(21-17-28)41(2,3)4)24-36(29-18-22-32(23-19-29)42(5,6)7)63(40)48(64-25-43(49,50)46(56,57)58)65-26-44(51,52)47(59,60)61/h8-24H,25-26H2,1-7H3/b39-37+. The lowest BCUT2D eigenvalue weighted by Crippen LogP contribution is -2.48. The molecule has 0 bridgehead atoms. The molecule has 0 fully saturated rings. The summed E-state index contributed by atoms with van der Waals surface area (Å²) in [5.74, 6) is -11.6. The molecule has 0 aliphatic carbocycles. The molecule has 0 spiro atoms. The molecule has 2 heterocycles. The Morgan fingerprint density at radius 1 is 0.538 bits per heavy atom. The van der Waals surface area contributed by atoms with Crippen molar-refractivity contribution in [2.45, 2.75) is 89.7 Å². The summed E-state index contributed by atoms with van der Waals surface area (Å²) in [7, 11) is -3.23. The zero-order valence-electron chi connectivity index (χ0n) is 35.9. The van der Waals surface area contributed by atoms with Gasteiger partial charge in [-0.1, -0.05) is 144 Å². The summed E-state index contributed by atoms with van der Waals surface area (Å²) in [4.78, 5) is 4.48. The number of aromatic nitrogens is 1. The van der Waals surface area contributed by atoms with Crippen LogP contribution in [-0.4, -0.2) is 61.0 Å². The first kappa shape index (κ1) is 49.1. The van der Waals surface area contributed by atoms with E-state index in [4.69, 9.17) is 9.31 Å². The topological polar surface area (TPSA) is 35.8 Å². The number of halogens is 13. The van der Waals surface area contributed by atoms with E-state index in [1.807, 2.05) is 41.5 Å². The lowest BCUT2D eigenvalue weighted by molar-refractivity contribution is -0.295. The number of nitrogens with zero attached hydrogens (tertiary/aromatic N) is 2. The van der Waals surface area contributed by atoms with Gasteiger partial charge >= 0.3 is 37.6 Å². The molecular weight excluding hydrogens is 882 g/mol. The second-order valence-electron chi connectivity index (χ2n) is 17.7. The maximum Gasteiger partial charge on any atom is 0.598 e. The highest BCUT2D eigenvalue weighted by Crippen LogP contribution is 2.50. The third-order valence-corrected chi connectivity index (χ3v) is 10.7. The predicted molar refractivity (Wildman–Crippen MR) is 224 cm³/mol. The summed E-state index contributed by atoms with van der Waals surface area (Å²) in [5, 5.41) is 0. The molecule has 18 heteroatoms. The molecule has 0 unspecified atom stereocenters. The van der Waals surface area contributed by atoms with Crippen LogP contribution in [-0.2, 0) is 20.1 Å². The highest BCUT2D eigenvalue weighted by atomic mass is 19.4. The van der Waals surface area contributed by atoms with Gasteiger partial charge in [0.25, 0.3) is 0 Å². The first-order valence-electron chi connectivity index (χ1n) is 20.0. The van der Waals surface area contributed by atoms with Gasteiger partial charge in [0.05, 0.1) is 17.1 Å². The highest BCUT2D eigenvalue weighted by molar-refractivity contribution is 6.44. The van der Waals surface area contributed by atoms with Crippen molar-refractivity contribution in [3.05, 3.63) is 142 Å². The van der Waals surface area contributed by atoms with Crippen molar-refractivity contribution in [3.63, 3.8) is 0 Å². The fraction of sp³-hybridized carbons (Fsp3) is 0.340. The van der Waals surface area contributed by atoms with E-state index in [0.29, 0.717) is 16.7 Å². The van der Waals surface area contributed by atoms with Crippen molar-refractivity contribution in [1.29, 1.82) is 0 Å². The third kappa shape index (κ3) is 10.2. The monoisotopic (exact) mass is 924 g/mol. The van der Waals surface area contributed by atoms with Gasteiger partial charge in [0.1, 0.15) is 18.8 Å². The average Bonchev–Trinajstić information content (AvgIpc) is 3.76. The molecule has 0 saturated heterocycles. The first-order valence-corrected chi connectivity index (χ1v) is 20.0. The average molecular weight is 925 g/mol. The molecule has 4 aromatic carbocycles. The largest absolute Gasteiger partial charge is 0.598 e.